The van der Waals surface area contributed by atoms with Gasteiger partial charge in [-0.05, 0) is 23.1 Å². The first kappa shape index (κ1) is 15.3. The summed E-state index contributed by atoms with van der Waals surface area (Å²) in [5.41, 5.74) is -0.570. The lowest BCUT2D eigenvalue weighted by atomic mass is 9.60. The lowest BCUT2D eigenvalue weighted by molar-refractivity contribution is -0.149. The molecule has 2 rings (SSSR count). The van der Waals surface area contributed by atoms with E-state index in [0.29, 0.717) is 6.61 Å². The van der Waals surface area contributed by atoms with Crippen LogP contribution in [0.1, 0.15) is 46.3 Å². The molecule has 0 spiro atoms. The summed E-state index contributed by atoms with van der Waals surface area (Å²) in [5.74, 6) is 0.784. The van der Waals surface area contributed by atoms with E-state index in [4.69, 9.17) is 9.47 Å². The summed E-state index contributed by atoms with van der Waals surface area (Å²) in [5, 5.41) is 11.5. The molecule has 112 valence electrons. The number of benzene rings is 1. The van der Waals surface area contributed by atoms with Gasteiger partial charge in [0.1, 0.15) is 17.5 Å². The Balaban J connectivity index is 2.50. The highest BCUT2D eigenvalue weighted by molar-refractivity contribution is 5.33. The second-order valence-electron chi connectivity index (χ2n) is 7.37. The average molecular weight is 278 g/mol. The van der Waals surface area contributed by atoms with Crippen LogP contribution in [-0.2, 0) is 4.74 Å². The predicted octanol–water partition coefficient (Wildman–Crippen LogP) is 3.57. The molecule has 3 nitrogen and oxygen atoms in total. The number of rotatable bonds is 2. The summed E-state index contributed by atoms with van der Waals surface area (Å²) < 4.78 is 11.3. The van der Waals surface area contributed by atoms with Gasteiger partial charge in [0.25, 0.3) is 0 Å². The Hall–Kier alpha value is -1.06. The van der Waals surface area contributed by atoms with Crippen molar-refractivity contribution >= 4 is 0 Å². The Morgan fingerprint density at radius 2 is 1.95 bits per heavy atom. The van der Waals surface area contributed by atoms with Gasteiger partial charge in [0.15, 0.2) is 0 Å². The molecule has 0 saturated carbocycles. The van der Waals surface area contributed by atoms with Gasteiger partial charge < -0.3 is 14.6 Å². The second kappa shape index (κ2) is 4.74. The minimum Gasteiger partial charge on any atom is -0.497 e. The Morgan fingerprint density at radius 1 is 1.30 bits per heavy atom. The molecule has 1 aromatic rings. The van der Waals surface area contributed by atoms with Crippen molar-refractivity contribution in [2.75, 3.05) is 13.7 Å². The van der Waals surface area contributed by atoms with Crippen molar-refractivity contribution in [1.29, 1.82) is 0 Å². The van der Waals surface area contributed by atoms with Crippen LogP contribution in [0.25, 0.3) is 0 Å². The first-order chi connectivity index (χ1) is 9.13. The first-order valence-electron chi connectivity index (χ1n) is 7.11. The molecule has 1 N–H and O–H groups in total. The fourth-order valence-corrected chi connectivity index (χ4v) is 3.43. The number of hydrogen-bond acceptors (Lipinski definition) is 3. The maximum atomic E-state index is 11.5. The highest BCUT2D eigenvalue weighted by Gasteiger charge is 2.61. The zero-order chi connectivity index (χ0) is 15.2. The molecule has 1 heterocycles. The molecule has 1 fully saturated rings. The Morgan fingerprint density at radius 3 is 2.50 bits per heavy atom. The van der Waals surface area contributed by atoms with Crippen molar-refractivity contribution in [3.8, 4) is 5.75 Å². The molecule has 1 aromatic carbocycles. The summed E-state index contributed by atoms with van der Waals surface area (Å²) in [6, 6.07) is 7.78. The third-order valence-corrected chi connectivity index (χ3v) is 4.56. The van der Waals surface area contributed by atoms with E-state index >= 15 is 0 Å². The van der Waals surface area contributed by atoms with Gasteiger partial charge in [-0.15, -0.1) is 0 Å². The van der Waals surface area contributed by atoms with E-state index in [1.165, 1.54) is 0 Å². The normalized spacial score (nSPS) is 29.4. The third kappa shape index (κ3) is 2.13. The molecule has 0 unspecified atom stereocenters. The first-order valence-corrected chi connectivity index (χ1v) is 7.11. The zero-order valence-corrected chi connectivity index (χ0v) is 13.4. The van der Waals surface area contributed by atoms with Gasteiger partial charge in [0.2, 0.25) is 0 Å². The van der Waals surface area contributed by atoms with Gasteiger partial charge in [-0.25, -0.2) is 0 Å². The van der Waals surface area contributed by atoms with Gasteiger partial charge in [-0.2, -0.15) is 0 Å². The molecular weight excluding hydrogens is 252 g/mol. The van der Waals surface area contributed by atoms with E-state index in [9.17, 15) is 5.11 Å². The van der Waals surface area contributed by atoms with Crippen molar-refractivity contribution in [3.05, 3.63) is 29.8 Å². The molecule has 0 aromatic heterocycles. The van der Waals surface area contributed by atoms with E-state index in [1.807, 2.05) is 24.3 Å². The van der Waals surface area contributed by atoms with Crippen molar-refractivity contribution < 1.29 is 14.6 Å². The Kier molecular flexibility index (Phi) is 3.64. The van der Waals surface area contributed by atoms with E-state index in [-0.39, 0.29) is 16.9 Å². The molecule has 2 atom stereocenters. The minimum absolute atomic E-state index is 0.291. The molecule has 1 saturated heterocycles. The minimum atomic E-state index is -0.938. The summed E-state index contributed by atoms with van der Waals surface area (Å²) in [6.07, 6.45) is -0.340. The quantitative estimate of drug-likeness (QED) is 0.899. The van der Waals surface area contributed by atoms with Crippen molar-refractivity contribution in [1.82, 2.24) is 0 Å². The van der Waals surface area contributed by atoms with E-state index in [1.54, 1.807) is 7.11 Å². The largest absolute Gasteiger partial charge is 0.497 e. The SMILES string of the molecule is COc1cccc([C@@H]2OCC(C)(C)[C@@]2(O)C(C)(C)C)c1. The summed E-state index contributed by atoms with van der Waals surface area (Å²) in [6.45, 7) is 10.9. The monoisotopic (exact) mass is 278 g/mol. The molecule has 0 aliphatic carbocycles. The van der Waals surface area contributed by atoms with Crippen LogP contribution in [0.15, 0.2) is 24.3 Å². The summed E-state index contributed by atoms with van der Waals surface area (Å²) >= 11 is 0. The van der Waals surface area contributed by atoms with Crippen molar-refractivity contribution in [2.24, 2.45) is 10.8 Å². The Labute approximate surface area is 121 Å². The highest BCUT2D eigenvalue weighted by Crippen LogP contribution is 2.57. The molecular formula is C17H26O3. The maximum Gasteiger partial charge on any atom is 0.119 e. The molecule has 0 bridgehead atoms. The molecule has 1 aliphatic rings. The second-order valence-corrected chi connectivity index (χ2v) is 7.37. The third-order valence-electron chi connectivity index (χ3n) is 4.56. The van der Waals surface area contributed by atoms with Crippen molar-refractivity contribution in [2.45, 2.75) is 46.3 Å². The topological polar surface area (TPSA) is 38.7 Å². The lowest BCUT2D eigenvalue weighted by Gasteiger charge is -2.48. The van der Waals surface area contributed by atoms with Crippen LogP contribution in [0.5, 0.6) is 5.75 Å². The smallest absolute Gasteiger partial charge is 0.119 e. The summed E-state index contributed by atoms with van der Waals surface area (Å²) in [7, 11) is 1.65. The van der Waals surface area contributed by atoms with E-state index in [2.05, 4.69) is 34.6 Å². The standard InChI is InChI=1S/C17H26O3/c1-15(2,3)17(18)14(20-11-16(17,4)5)12-8-7-9-13(10-12)19-6/h7-10,14,18H,11H2,1-6H3/t14-,17-/m0/s1. The molecule has 0 radical (unpaired) electrons. The van der Waals surface area contributed by atoms with Crippen LogP contribution < -0.4 is 4.74 Å². The van der Waals surface area contributed by atoms with Crippen LogP contribution in [0.4, 0.5) is 0 Å². The fraction of sp³-hybridized carbons (Fsp3) is 0.647. The predicted molar refractivity (Wildman–Crippen MR) is 79.9 cm³/mol. The van der Waals surface area contributed by atoms with Crippen LogP contribution >= 0.6 is 0 Å². The van der Waals surface area contributed by atoms with Gasteiger partial charge in [-0.3, -0.25) is 0 Å². The molecule has 20 heavy (non-hydrogen) atoms. The highest BCUT2D eigenvalue weighted by atomic mass is 16.5. The molecule has 3 heteroatoms. The van der Waals surface area contributed by atoms with Gasteiger partial charge in [-0.1, -0.05) is 46.8 Å². The van der Waals surface area contributed by atoms with Crippen LogP contribution in [-0.4, -0.2) is 24.4 Å². The van der Waals surface area contributed by atoms with Crippen molar-refractivity contribution in [3.63, 3.8) is 0 Å². The zero-order valence-electron chi connectivity index (χ0n) is 13.4. The number of hydrogen-bond donors (Lipinski definition) is 1. The van der Waals surface area contributed by atoms with Crippen LogP contribution in [0.2, 0.25) is 0 Å². The van der Waals surface area contributed by atoms with Crippen LogP contribution in [0, 0.1) is 10.8 Å². The van der Waals surface area contributed by atoms with Gasteiger partial charge >= 0.3 is 0 Å². The fourth-order valence-electron chi connectivity index (χ4n) is 3.43. The van der Waals surface area contributed by atoms with Gasteiger partial charge in [0.05, 0.1) is 13.7 Å². The number of methoxy groups -OCH3 is 1. The summed E-state index contributed by atoms with van der Waals surface area (Å²) in [4.78, 5) is 0. The number of ether oxygens (including phenoxy) is 2. The number of aliphatic hydroxyl groups is 1. The van der Waals surface area contributed by atoms with Gasteiger partial charge in [0, 0.05) is 5.41 Å². The van der Waals surface area contributed by atoms with Crippen LogP contribution in [0.3, 0.4) is 0 Å². The average Bonchev–Trinajstić information content (AvgIpc) is 2.61. The maximum absolute atomic E-state index is 11.5. The van der Waals surface area contributed by atoms with E-state index < -0.39 is 5.60 Å². The molecule has 0 amide bonds. The molecule has 1 aliphatic heterocycles. The van der Waals surface area contributed by atoms with E-state index in [0.717, 1.165) is 11.3 Å². The lowest BCUT2D eigenvalue weighted by Crippen LogP contribution is -2.54. The Bertz CT molecular complexity index is 487.